The zero-order valence-corrected chi connectivity index (χ0v) is 16.0. The predicted octanol–water partition coefficient (Wildman–Crippen LogP) is 2.99. The Morgan fingerprint density at radius 3 is 2.72 bits per heavy atom. The van der Waals surface area contributed by atoms with Gasteiger partial charge in [0.25, 0.3) is 0 Å². The van der Waals surface area contributed by atoms with E-state index in [1.54, 1.807) is 40.9 Å². The number of nitrogens with one attached hydrogen (secondary N) is 1. The molecule has 2 heterocycles. The van der Waals surface area contributed by atoms with Crippen LogP contribution in [0.15, 0.2) is 60.9 Å². The number of benzene rings is 2. The summed E-state index contributed by atoms with van der Waals surface area (Å²) in [6.07, 6.45) is 3.49. The molecule has 0 spiro atoms. The van der Waals surface area contributed by atoms with Gasteiger partial charge >= 0.3 is 0 Å². The van der Waals surface area contributed by atoms with Gasteiger partial charge in [-0.15, -0.1) is 0 Å². The van der Waals surface area contributed by atoms with Gasteiger partial charge < -0.3 is 14.8 Å². The Morgan fingerprint density at radius 1 is 1.24 bits per heavy atom. The van der Waals surface area contributed by atoms with Gasteiger partial charge in [0.2, 0.25) is 11.8 Å². The van der Waals surface area contributed by atoms with Crippen molar-refractivity contribution in [2.75, 3.05) is 11.4 Å². The van der Waals surface area contributed by atoms with E-state index in [1.165, 1.54) is 6.07 Å². The van der Waals surface area contributed by atoms with E-state index in [1.807, 2.05) is 30.3 Å². The molecule has 1 unspecified atom stereocenters. The van der Waals surface area contributed by atoms with E-state index in [9.17, 15) is 14.0 Å². The maximum Gasteiger partial charge on any atom is 0.227 e. The van der Waals surface area contributed by atoms with Crippen molar-refractivity contribution in [2.24, 2.45) is 5.92 Å². The van der Waals surface area contributed by atoms with E-state index in [0.29, 0.717) is 23.6 Å². The fourth-order valence-corrected chi connectivity index (χ4v) is 3.56. The number of anilines is 1. The highest BCUT2D eigenvalue weighted by Gasteiger charge is 2.34. The smallest absolute Gasteiger partial charge is 0.227 e. The summed E-state index contributed by atoms with van der Waals surface area (Å²) in [6, 6.07) is 14.2. The highest BCUT2D eigenvalue weighted by atomic mass is 19.1. The van der Waals surface area contributed by atoms with Crippen molar-refractivity contribution in [3.05, 3.63) is 78.1 Å². The van der Waals surface area contributed by atoms with Gasteiger partial charge in [0.15, 0.2) is 0 Å². The van der Waals surface area contributed by atoms with Crippen LogP contribution in [0.5, 0.6) is 0 Å². The molecule has 29 heavy (non-hydrogen) atoms. The van der Waals surface area contributed by atoms with Crippen LogP contribution in [0.1, 0.15) is 17.8 Å². The van der Waals surface area contributed by atoms with E-state index in [4.69, 9.17) is 0 Å². The summed E-state index contributed by atoms with van der Waals surface area (Å²) in [4.78, 5) is 30.5. The largest absolute Gasteiger partial charge is 0.352 e. The molecule has 0 saturated carbocycles. The number of nitrogens with zero attached hydrogens (tertiary/aromatic N) is 3. The minimum Gasteiger partial charge on any atom is -0.352 e. The molecule has 1 aliphatic heterocycles. The summed E-state index contributed by atoms with van der Waals surface area (Å²) in [5, 5.41) is 2.82. The molecule has 4 rings (SSSR count). The average Bonchev–Trinajstić information content (AvgIpc) is 3.32. The Bertz CT molecular complexity index is 1050. The standard InChI is InChI=1S/C22H21FN4O2/c1-15-24-9-10-26(15)20-8-7-16(11-19(20)23)13-25-22(29)17-12-21(28)27(14-17)18-5-3-2-4-6-18/h2-11,17H,12-14H2,1H3,(H,25,29). The van der Waals surface area contributed by atoms with Gasteiger partial charge in [0.05, 0.1) is 11.6 Å². The van der Waals surface area contributed by atoms with Gasteiger partial charge in [-0.1, -0.05) is 24.3 Å². The van der Waals surface area contributed by atoms with Gasteiger partial charge in [0, 0.05) is 37.6 Å². The number of carbonyl (C=O) groups is 2. The summed E-state index contributed by atoms with van der Waals surface area (Å²) >= 11 is 0. The van der Waals surface area contributed by atoms with Crippen molar-refractivity contribution >= 4 is 17.5 Å². The quantitative estimate of drug-likeness (QED) is 0.726. The van der Waals surface area contributed by atoms with Crippen LogP contribution < -0.4 is 10.2 Å². The number of hydrogen-bond acceptors (Lipinski definition) is 3. The van der Waals surface area contributed by atoms with Gasteiger partial charge in [-0.05, 0) is 36.8 Å². The van der Waals surface area contributed by atoms with Gasteiger partial charge in [-0.2, -0.15) is 0 Å². The molecule has 1 aromatic heterocycles. The number of para-hydroxylation sites is 1. The Morgan fingerprint density at radius 2 is 2.03 bits per heavy atom. The van der Waals surface area contributed by atoms with Crippen LogP contribution in [-0.4, -0.2) is 27.9 Å². The molecule has 6 nitrogen and oxygen atoms in total. The van der Waals surface area contributed by atoms with Crippen LogP contribution >= 0.6 is 0 Å². The number of aryl methyl sites for hydroxylation is 1. The van der Waals surface area contributed by atoms with E-state index < -0.39 is 5.92 Å². The van der Waals surface area contributed by atoms with Crippen molar-refractivity contribution < 1.29 is 14.0 Å². The summed E-state index contributed by atoms with van der Waals surface area (Å²) < 4.78 is 16.2. The molecule has 0 bridgehead atoms. The minimum atomic E-state index is -0.416. The zero-order chi connectivity index (χ0) is 20.4. The van der Waals surface area contributed by atoms with Crippen LogP contribution in [0.25, 0.3) is 5.69 Å². The molecular formula is C22H21FN4O2. The normalized spacial score (nSPS) is 16.3. The molecule has 1 atom stereocenters. The van der Waals surface area contributed by atoms with E-state index >= 15 is 0 Å². The lowest BCUT2D eigenvalue weighted by atomic mass is 10.1. The first-order valence-corrected chi connectivity index (χ1v) is 9.45. The molecule has 0 aliphatic carbocycles. The van der Waals surface area contributed by atoms with Crippen molar-refractivity contribution in [3.63, 3.8) is 0 Å². The van der Waals surface area contributed by atoms with Crippen LogP contribution in [0, 0.1) is 18.7 Å². The van der Waals surface area contributed by atoms with Gasteiger partial charge in [-0.25, -0.2) is 9.37 Å². The predicted molar refractivity (Wildman–Crippen MR) is 107 cm³/mol. The highest BCUT2D eigenvalue weighted by Crippen LogP contribution is 2.25. The molecule has 148 valence electrons. The lowest BCUT2D eigenvalue weighted by molar-refractivity contribution is -0.126. The fourth-order valence-electron chi connectivity index (χ4n) is 3.56. The van der Waals surface area contributed by atoms with Gasteiger partial charge in [-0.3, -0.25) is 9.59 Å². The monoisotopic (exact) mass is 392 g/mol. The van der Waals surface area contributed by atoms with E-state index in [-0.39, 0.29) is 30.6 Å². The van der Waals surface area contributed by atoms with Crippen LogP contribution in [0.3, 0.4) is 0 Å². The first-order chi connectivity index (χ1) is 14.0. The second-order valence-corrected chi connectivity index (χ2v) is 7.09. The lowest BCUT2D eigenvalue weighted by Gasteiger charge is -2.16. The number of halogens is 1. The first kappa shape index (κ1) is 18.9. The maximum absolute atomic E-state index is 14.5. The molecule has 2 aromatic carbocycles. The van der Waals surface area contributed by atoms with Crippen LogP contribution in [0.2, 0.25) is 0 Å². The van der Waals surface area contributed by atoms with Crippen LogP contribution in [0.4, 0.5) is 10.1 Å². The molecule has 3 aromatic rings. The number of rotatable bonds is 5. The Hall–Kier alpha value is -3.48. The lowest BCUT2D eigenvalue weighted by Crippen LogP contribution is -2.32. The first-order valence-electron chi connectivity index (χ1n) is 9.45. The summed E-state index contributed by atoms with van der Waals surface area (Å²) in [6.45, 7) is 2.35. The third kappa shape index (κ3) is 3.89. The number of imidazole rings is 1. The summed E-state index contributed by atoms with van der Waals surface area (Å²) in [5.74, 6) is -0.377. The molecule has 1 aliphatic rings. The Balaban J connectivity index is 1.38. The molecule has 0 radical (unpaired) electrons. The topological polar surface area (TPSA) is 67.2 Å². The molecule has 1 fully saturated rings. The molecule has 1 saturated heterocycles. The fraction of sp³-hybridized carbons (Fsp3) is 0.227. The number of carbonyl (C=O) groups excluding carboxylic acids is 2. The van der Waals surface area contributed by atoms with Crippen molar-refractivity contribution in [3.8, 4) is 5.69 Å². The molecule has 2 amide bonds. The van der Waals surface area contributed by atoms with E-state index in [2.05, 4.69) is 10.3 Å². The average molecular weight is 392 g/mol. The molecule has 7 heteroatoms. The van der Waals surface area contributed by atoms with Gasteiger partial charge in [0.1, 0.15) is 11.6 Å². The highest BCUT2D eigenvalue weighted by molar-refractivity contribution is 6.00. The number of amides is 2. The maximum atomic E-state index is 14.5. The third-order valence-electron chi connectivity index (χ3n) is 5.13. The van der Waals surface area contributed by atoms with Crippen molar-refractivity contribution in [1.82, 2.24) is 14.9 Å². The third-order valence-corrected chi connectivity index (χ3v) is 5.13. The number of hydrogen-bond donors (Lipinski definition) is 1. The second kappa shape index (κ2) is 7.87. The second-order valence-electron chi connectivity index (χ2n) is 7.09. The SMILES string of the molecule is Cc1nccn1-c1ccc(CNC(=O)C2CC(=O)N(c3ccccc3)C2)cc1F. The Kier molecular flexibility index (Phi) is 5.12. The summed E-state index contributed by atoms with van der Waals surface area (Å²) in [5.41, 5.74) is 1.86. The van der Waals surface area contributed by atoms with E-state index in [0.717, 1.165) is 5.69 Å². The van der Waals surface area contributed by atoms with Crippen molar-refractivity contribution in [2.45, 2.75) is 19.9 Å². The zero-order valence-electron chi connectivity index (χ0n) is 16.0. The van der Waals surface area contributed by atoms with Crippen molar-refractivity contribution in [1.29, 1.82) is 0 Å². The molecule has 1 N–H and O–H groups in total. The Labute approximate surface area is 168 Å². The summed E-state index contributed by atoms with van der Waals surface area (Å²) in [7, 11) is 0. The minimum absolute atomic E-state index is 0.0672. The molecular weight excluding hydrogens is 371 g/mol. The van der Waals surface area contributed by atoms with Crippen LogP contribution in [-0.2, 0) is 16.1 Å². The number of aromatic nitrogens is 2.